The largest absolute Gasteiger partial charge is 0.497 e. The third-order valence-corrected chi connectivity index (χ3v) is 2.81. The van der Waals surface area contributed by atoms with Gasteiger partial charge >= 0.3 is 0 Å². The lowest BCUT2D eigenvalue weighted by Gasteiger charge is -2.10. The molecule has 0 saturated carbocycles. The Morgan fingerprint density at radius 3 is 1.94 bits per heavy atom. The highest BCUT2D eigenvalue weighted by molar-refractivity contribution is 5.70. The predicted molar refractivity (Wildman–Crippen MR) is 69.7 cm³/mol. The number of benzene rings is 2. The first-order chi connectivity index (χ1) is 8.24. The molecule has 2 aromatic rings. The summed E-state index contributed by atoms with van der Waals surface area (Å²) in [5, 5.41) is 0. The van der Waals surface area contributed by atoms with Gasteiger partial charge in [-0.3, -0.25) is 0 Å². The standard InChI is InChI=1S/C15H16O2/c1-11-6-4-5-7-15(11)12-8-13(16-2)10-14(9-12)17-3/h4-10H,1-3H3. The van der Waals surface area contributed by atoms with Crippen LogP contribution in [0.5, 0.6) is 11.5 Å². The van der Waals surface area contributed by atoms with E-state index in [1.54, 1.807) is 14.2 Å². The van der Waals surface area contributed by atoms with E-state index in [-0.39, 0.29) is 0 Å². The molecule has 0 bridgehead atoms. The molecule has 2 aromatic carbocycles. The number of hydrogen-bond acceptors (Lipinski definition) is 2. The molecule has 88 valence electrons. The van der Waals surface area contributed by atoms with Crippen LogP contribution in [0.1, 0.15) is 5.56 Å². The Balaban J connectivity index is 2.55. The van der Waals surface area contributed by atoms with Crippen LogP contribution in [0.25, 0.3) is 11.1 Å². The van der Waals surface area contributed by atoms with Gasteiger partial charge in [0.2, 0.25) is 0 Å². The molecule has 0 spiro atoms. The summed E-state index contributed by atoms with van der Waals surface area (Å²) >= 11 is 0. The first kappa shape index (κ1) is 11.5. The summed E-state index contributed by atoms with van der Waals surface area (Å²) in [5.74, 6) is 1.62. The molecule has 0 heterocycles. The fraction of sp³-hybridized carbons (Fsp3) is 0.200. The molecule has 0 atom stereocenters. The van der Waals surface area contributed by atoms with Crippen molar-refractivity contribution in [2.45, 2.75) is 6.92 Å². The van der Waals surface area contributed by atoms with Gasteiger partial charge < -0.3 is 9.47 Å². The second-order valence-electron chi connectivity index (χ2n) is 3.92. The van der Waals surface area contributed by atoms with Crippen LogP contribution in [0.2, 0.25) is 0 Å². The molecular weight excluding hydrogens is 212 g/mol. The second-order valence-corrected chi connectivity index (χ2v) is 3.92. The summed E-state index contributed by atoms with van der Waals surface area (Å²) in [6.45, 7) is 2.10. The summed E-state index contributed by atoms with van der Waals surface area (Å²) in [4.78, 5) is 0. The summed E-state index contributed by atoms with van der Waals surface area (Å²) in [6, 6.07) is 14.2. The van der Waals surface area contributed by atoms with Gasteiger partial charge in [-0.1, -0.05) is 24.3 Å². The van der Waals surface area contributed by atoms with E-state index in [4.69, 9.17) is 9.47 Å². The molecule has 2 nitrogen and oxygen atoms in total. The van der Waals surface area contributed by atoms with Gasteiger partial charge in [0.15, 0.2) is 0 Å². The molecule has 0 unspecified atom stereocenters. The summed E-state index contributed by atoms with van der Waals surface area (Å²) in [5.41, 5.74) is 3.55. The van der Waals surface area contributed by atoms with E-state index in [0.29, 0.717) is 0 Å². The van der Waals surface area contributed by atoms with Crippen LogP contribution in [0.3, 0.4) is 0 Å². The predicted octanol–water partition coefficient (Wildman–Crippen LogP) is 3.68. The molecule has 0 fully saturated rings. The van der Waals surface area contributed by atoms with Crippen molar-refractivity contribution in [1.82, 2.24) is 0 Å². The maximum absolute atomic E-state index is 5.28. The highest BCUT2D eigenvalue weighted by Gasteiger charge is 2.05. The van der Waals surface area contributed by atoms with E-state index in [1.807, 2.05) is 30.3 Å². The monoisotopic (exact) mass is 228 g/mol. The van der Waals surface area contributed by atoms with Crippen LogP contribution in [-0.4, -0.2) is 14.2 Å². The lowest BCUT2D eigenvalue weighted by molar-refractivity contribution is 0.394. The molecule has 2 rings (SSSR count). The van der Waals surface area contributed by atoms with Crippen molar-refractivity contribution in [2.75, 3.05) is 14.2 Å². The Morgan fingerprint density at radius 1 is 0.824 bits per heavy atom. The smallest absolute Gasteiger partial charge is 0.123 e. The van der Waals surface area contributed by atoms with Gasteiger partial charge in [-0.05, 0) is 35.7 Å². The summed E-state index contributed by atoms with van der Waals surface area (Å²) < 4.78 is 10.6. The van der Waals surface area contributed by atoms with E-state index in [9.17, 15) is 0 Å². The minimum Gasteiger partial charge on any atom is -0.497 e. The zero-order valence-corrected chi connectivity index (χ0v) is 10.4. The SMILES string of the molecule is COc1cc(OC)cc(-c2ccccc2C)c1. The average molecular weight is 228 g/mol. The van der Waals surface area contributed by atoms with Crippen molar-refractivity contribution in [3.8, 4) is 22.6 Å². The van der Waals surface area contributed by atoms with Crippen molar-refractivity contribution in [3.05, 3.63) is 48.0 Å². The molecule has 0 aliphatic heterocycles. The maximum atomic E-state index is 5.28. The van der Waals surface area contributed by atoms with Gasteiger partial charge in [-0.2, -0.15) is 0 Å². The van der Waals surface area contributed by atoms with Gasteiger partial charge in [-0.25, -0.2) is 0 Å². The number of methoxy groups -OCH3 is 2. The molecule has 0 aliphatic rings. The minimum absolute atomic E-state index is 0.808. The van der Waals surface area contributed by atoms with Crippen molar-refractivity contribution in [2.24, 2.45) is 0 Å². The van der Waals surface area contributed by atoms with Gasteiger partial charge in [0.05, 0.1) is 14.2 Å². The molecule has 0 aromatic heterocycles. The zero-order valence-electron chi connectivity index (χ0n) is 10.4. The third-order valence-electron chi connectivity index (χ3n) is 2.81. The average Bonchev–Trinajstić information content (AvgIpc) is 2.38. The lowest BCUT2D eigenvalue weighted by Crippen LogP contribution is -1.90. The van der Waals surface area contributed by atoms with Crippen LogP contribution in [-0.2, 0) is 0 Å². The van der Waals surface area contributed by atoms with E-state index in [2.05, 4.69) is 19.1 Å². The topological polar surface area (TPSA) is 18.5 Å². The second kappa shape index (κ2) is 4.91. The van der Waals surface area contributed by atoms with Crippen LogP contribution >= 0.6 is 0 Å². The van der Waals surface area contributed by atoms with Crippen molar-refractivity contribution in [1.29, 1.82) is 0 Å². The minimum atomic E-state index is 0.808. The van der Waals surface area contributed by atoms with Gasteiger partial charge in [0.25, 0.3) is 0 Å². The highest BCUT2D eigenvalue weighted by atomic mass is 16.5. The number of hydrogen-bond donors (Lipinski definition) is 0. The molecule has 0 saturated heterocycles. The zero-order chi connectivity index (χ0) is 12.3. The maximum Gasteiger partial charge on any atom is 0.123 e. The van der Waals surface area contributed by atoms with E-state index in [1.165, 1.54) is 11.1 Å². The summed E-state index contributed by atoms with van der Waals surface area (Å²) in [7, 11) is 3.33. The van der Waals surface area contributed by atoms with Crippen molar-refractivity contribution < 1.29 is 9.47 Å². The first-order valence-corrected chi connectivity index (χ1v) is 5.53. The molecule has 17 heavy (non-hydrogen) atoms. The van der Waals surface area contributed by atoms with Gasteiger partial charge in [-0.15, -0.1) is 0 Å². The third kappa shape index (κ3) is 2.41. The summed E-state index contributed by atoms with van der Waals surface area (Å²) in [6.07, 6.45) is 0. The molecule has 0 N–H and O–H groups in total. The fourth-order valence-electron chi connectivity index (χ4n) is 1.86. The van der Waals surface area contributed by atoms with Crippen molar-refractivity contribution in [3.63, 3.8) is 0 Å². The normalized spacial score (nSPS) is 10.1. The molecular formula is C15H16O2. The van der Waals surface area contributed by atoms with E-state index in [0.717, 1.165) is 17.1 Å². The molecule has 2 heteroatoms. The van der Waals surface area contributed by atoms with Gasteiger partial charge in [0, 0.05) is 6.07 Å². The molecule has 0 amide bonds. The Kier molecular flexibility index (Phi) is 3.33. The highest BCUT2D eigenvalue weighted by Crippen LogP contribution is 2.31. The number of rotatable bonds is 3. The first-order valence-electron chi connectivity index (χ1n) is 5.53. The van der Waals surface area contributed by atoms with Crippen LogP contribution < -0.4 is 9.47 Å². The van der Waals surface area contributed by atoms with E-state index < -0.39 is 0 Å². The van der Waals surface area contributed by atoms with Crippen LogP contribution in [0.4, 0.5) is 0 Å². The van der Waals surface area contributed by atoms with Crippen LogP contribution in [0.15, 0.2) is 42.5 Å². The quantitative estimate of drug-likeness (QED) is 0.797. The number of ether oxygens (including phenoxy) is 2. The molecule has 0 radical (unpaired) electrons. The Bertz CT molecular complexity index is 496. The Hall–Kier alpha value is -1.96. The van der Waals surface area contributed by atoms with Gasteiger partial charge in [0.1, 0.15) is 11.5 Å². The number of aryl methyl sites for hydroxylation is 1. The molecule has 0 aliphatic carbocycles. The fourth-order valence-corrected chi connectivity index (χ4v) is 1.86. The Labute approximate surface area is 102 Å². The van der Waals surface area contributed by atoms with Crippen molar-refractivity contribution >= 4 is 0 Å². The lowest BCUT2D eigenvalue weighted by atomic mass is 10.0. The van der Waals surface area contributed by atoms with Crippen LogP contribution in [0, 0.1) is 6.92 Å². The van der Waals surface area contributed by atoms with E-state index >= 15 is 0 Å². The Morgan fingerprint density at radius 2 is 1.41 bits per heavy atom.